The molecule has 1 spiro atoms. The molecule has 5 rings (SSSR count). The number of hydrogen-bond acceptors (Lipinski definition) is 6. The highest BCUT2D eigenvalue weighted by atomic mass is 28.4. The highest BCUT2D eigenvalue weighted by Crippen LogP contribution is 2.49. The van der Waals surface area contributed by atoms with Crippen LogP contribution in [0.25, 0.3) is 0 Å². The van der Waals surface area contributed by atoms with Crippen molar-refractivity contribution in [2.24, 2.45) is 0 Å². The maximum Gasteiger partial charge on any atom is 0.332 e. The zero-order valence-corrected chi connectivity index (χ0v) is 23.7. The average molecular weight is 522 g/mol. The van der Waals surface area contributed by atoms with E-state index in [1.54, 1.807) is 22.0 Å². The number of carbonyl (C=O) groups is 2. The van der Waals surface area contributed by atoms with E-state index in [2.05, 4.69) is 44.1 Å². The van der Waals surface area contributed by atoms with Crippen molar-refractivity contribution < 1.29 is 18.5 Å². The Morgan fingerprint density at radius 3 is 2.49 bits per heavy atom. The Hall–Kier alpha value is -3.40. The first-order valence-corrected chi connectivity index (χ1v) is 15.6. The second-order valence-corrected chi connectivity index (χ2v) is 16.5. The highest BCUT2D eigenvalue weighted by Gasteiger charge is 2.65. The van der Waals surface area contributed by atoms with Gasteiger partial charge < -0.3 is 13.8 Å². The van der Waals surface area contributed by atoms with Crippen molar-refractivity contribution >= 4 is 25.9 Å². The molecule has 1 aromatic carbocycles. The number of carbonyl (C=O) groups excluding carboxylic acids is 2. The van der Waals surface area contributed by atoms with Crippen LogP contribution in [0.15, 0.2) is 41.2 Å². The normalized spacial score (nSPS) is 17.3. The summed E-state index contributed by atoms with van der Waals surface area (Å²) in [5, 5.41) is 8.46. The standard InChI is InChI=1S/C27H35N5O4Si/c1-18-23(19(2)35-29-18)17-30-16-21(14-28-30)32-24(33)27(11-12-27)31(25(32)34)15-20-9-8-10-22(13-20)36-37(6,7)26(3,4)5/h8-10,13-14,16H,11-12,15,17H2,1-7H3. The molecule has 3 aromatic rings. The van der Waals surface area contributed by atoms with Gasteiger partial charge >= 0.3 is 6.03 Å². The Bertz CT molecular complexity index is 1350. The quantitative estimate of drug-likeness (QED) is 0.304. The van der Waals surface area contributed by atoms with Gasteiger partial charge in [0.25, 0.3) is 5.91 Å². The number of imide groups is 1. The molecule has 2 aliphatic rings. The van der Waals surface area contributed by atoms with E-state index in [0.29, 0.717) is 31.6 Å². The lowest BCUT2D eigenvalue weighted by atomic mass is 10.1. The van der Waals surface area contributed by atoms with Gasteiger partial charge in [0.15, 0.2) is 0 Å². The molecular formula is C27H35N5O4Si. The van der Waals surface area contributed by atoms with Gasteiger partial charge in [-0.05, 0) is 62.5 Å². The lowest BCUT2D eigenvalue weighted by molar-refractivity contribution is -0.120. The summed E-state index contributed by atoms with van der Waals surface area (Å²) in [7, 11) is -2.00. The van der Waals surface area contributed by atoms with Crippen molar-refractivity contribution in [3.8, 4) is 5.75 Å². The van der Waals surface area contributed by atoms with Crippen LogP contribution in [0.2, 0.25) is 18.1 Å². The minimum Gasteiger partial charge on any atom is -0.543 e. The fourth-order valence-electron chi connectivity index (χ4n) is 4.54. The molecule has 0 bridgehead atoms. The summed E-state index contributed by atoms with van der Waals surface area (Å²) in [6.07, 6.45) is 4.64. The molecule has 9 nitrogen and oxygen atoms in total. The summed E-state index contributed by atoms with van der Waals surface area (Å²) in [5.41, 5.74) is 2.39. The number of hydrogen-bond donors (Lipinski definition) is 0. The van der Waals surface area contributed by atoms with Crippen LogP contribution in [-0.2, 0) is 17.9 Å². The third-order valence-corrected chi connectivity index (χ3v) is 12.4. The molecule has 196 valence electrons. The van der Waals surface area contributed by atoms with Crippen LogP contribution in [-0.4, -0.2) is 45.6 Å². The molecule has 10 heteroatoms. The molecule has 1 saturated heterocycles. The number of aromatic nitrogens is 3. The van der Waals surface area contributed by atoms with E-state index in [-0.39, 0.29) is 17.0 Å². The largest absolute Gasteiger partial charge is 0.543 e. The van der Waals surface area contributed by atoms with Crippen LogP contribution in [0.5, 0.6) is 5.75 Å². The summed E-state index contributed by atoms with van der Waals surface area (Å²) >= 11 is 0. The minimum atomic E-state index is -2.00. The maximum atomic E-state index is 13.6. The van der Waals surface area contributed by atoms with Gasteiger partial charge in [-0.1, -0.05) is 38.1 Å². The van der Waals surface area contributed by atoms with Crippen LogP contribution in [0.4, 0.5) is 10.5 Å². The summed E-state index contributed by atoms with van der Waals surface area (Å²) in [6, 6.07) is 7.59. The zero-order valence-electron chi connectivity index (χ0n) is 22.7. The average Bonchev–Trinajstić information content (AvgIpc) is 3.33. The Balaban J connectivity index is 1.35. The van der Waals surface area contributed by atoms with E-state index in [1.807, 2.05) is 38.1 Å². The molecule has 2 fully saturated rings. The number of anilines is 1. The molecule has 2 aromatic heterocycles. The minimum absolute atomic E-state index is 0.0782. The molecule has 1 aliphatic heterocycles. The molecular weight excluding hydrogens is 486 g/mol. The highest BCUT2D eigenvalue weighted by molar-refractivity contribution is 6.74. The Labute approximate surface area is 218 Å². The second-order valence-electron chi connectivity index (χ2n) is 11.7. The topological polar surface area (TPSA) is 93.7 Å². The Morgan fingerprint density at radius 1 is 1.14 bits per heavy atom. The van der Waals surface area contributed by atoms with Crippen LogP contribution in [0.3, 0.4) is 0 Å². The van der Waals surface area contributed by atoms with Gasteiger partial charge in [-0.3, -0.25) is 9.48 Å². The predicted octanol–water partition coefficient (Wildman–Crippen LogP) is 5.42. The first-order chi connectivity index (χ1) is 17.3. The molecule has 3 amide bonds. The third-order valence-electron chi connectivity index (χ3n) is 8.06. The molecule has 1 aliphatic carbocycles. The van der Waals surface area contributed by atoms with Gasteiger partial charge in [0.2, 0.25) is 8.32 Å². The maximum absolute atomic E-state index is 13.6. The summed E-state index contributed by atoms with van der Waals surface area (Å²) in [5.74, 6) is 1.36. The Kier molecular flexibility index (Phi) is 5.85. The summed E-state index contributed by atoms with van der Waals surface area (Å²) in [6.45, 7) is 15.6. The number of nitrogens with zero attached hydrogens (tertiary/aromatic N) is 5. The van der Waals surface area contributed by atoms with E-state index < -0.39 is 13.9 Å². The van der Waals surface area contributed by atoms with Crippen LogP contribution in [0, 0.1) is 13.8 Å². The Morgan fingerprint density at radius 2 is 1.86 bits per heavy atom. The van der Waals surface area contributed by atoms with Crippen molar-refractivity contribution in [2.45, 2.75) is 84.2 Å². The van der Waals surface area contributed by atoms with Gasteiger partial charge in [-0.15, -0.1) is 0 Å². The summed E-state index contributed by atoms with van der Waals surface area (Å²) in [4.78, 5) is 30.1. The van der Waals surface area contributed by atoms with Gasteiger partial charge in [-0.25, -0.2) is 9.69 Å². The van der Waals surface area contributed by atoms with Crippen molar-refractivity contribution in [3.05, 3.63) is 59.2 Å². The number of amides is 3. The molecule has 0 atom stereocenters. The molecule has 1 saturated carbocycles. The van der Waals surface area contributed by atoms with Gasteiger partial charge in [0.05, 0.1) is 24.1 Å². The number of rotatable bonds is 7. The van der Waals surface area contributed by atoms with Crippen LogP contribution in [0.1, 0.15) is 56.2 Å². The van der Waals surface area contributed by atoms with Gasteiger partial charge in [0, 0.05) is 18.3 Å². The molecule has 0 N–H and O–H groups in total. The van der Waals surface area contributed by atoms with Gasteiger partial charge in [0.1, 0.15) is 17.0 Å². The number of benzene rings is 1. The molecule has 0 radical (unpaired) electrons. The van der Waals surface area contributed by atoms with Crippen molar-refractivity contribution in [1.29, 1.82) is 0 Å². The third kappa shape index (κ3) is 4.37. The van der Waals surface area contributed by atoms with Crippen molar-refractivity contribution in [1.82, 2.24) is 19.8 Å². The number of urea groups is 1. The van der Waals surface area contributed by atoms with E-state index in [1.165, 1.54) is 4.90 Å². The van der Waals surface area contributed by atoms with E-state index >= 15 is 0 Å². The monoisotopic (exact) mass is 521 g/mol. The summed E-state index contributed by atoms with van der Waals surface area (Å²) < 4.78 is 13.4. The SMILES string of the molecule is Cc1noc(C)c1Cn1cc(N2C(=O)N(Cc3cccc(O[Si](C)(C)C(C)(C)C)c3)C3(CC3)C2=O)cn1. The lowest BCUT2D eigenvalue weighted by Gasteiger charge is -2.36. The van der Waals surface area contributed by atoms with E-state index in [4.69, 9.17) is 8.95 Å². The smallest absolute Gasteiger partial charge is 0.332 e. The van der Waals surface area contributed by atoms with Crippen LogP contribution < -0.4 is 9.33 Å². The van der Waals surface area contributed by atoms with Crippen LogP contribution >= 0.6 is 0 Å². The first-order valence-electron chi connectivity index (χ1n) is 12.7. The zero-order chi connectivity index (χ0) is 26.8. The van der Waals surface area contributed by atoms with Crippen molar-refractivity contribution in [3.63, 3.8) is 0 Å². The fourth-order valence-corrected chi connectivity index (χ4v) is 5.57. The van der Waals surface area contributed by atoms with Gasteiger partial charge in [-0.2, -0.15) is 5.10 Å². The number of aryl methyl sites for hydroxylation is 2. The van der Waals surface area contributed by atoms with Crippen molar-refractivity contribution in [2.75, 3.05) is 4.90 Å². The molecule has 0 unspecified atom stereocenters. The van der Waals surface area contributed by atoms with E-state index in [9.17, 15) is 9.59 Å². The predicted molar refractivity (Wildman–Crippen MR) is 142 cm³/mol. The lowest BCUT2D eigenvalue weighted by Crippen LogP contribution is -2.43. The second kappa shape index (κ2) is 8.58. The van der Waals surface area contributed by atoms with E-state index in [0.717, 1.165) is 28.3 Å². The molecule has 37 heavy (non-hydrogen) atoms. The molecule has 3 heterocycles. The first kappa shape index (κ1) is 25.3. The fraction of sp³-hybridized carbons (Fsp3) is 0.481.